The number of anilines is 1. The smallest absolute Gasteiger partial charge is 0.382 e. The maximum atomic E-state index is 15.9. The zero-order valence-corrected chi connectivity index (χ0v) is 26.5. The van der Waals surface area contributed by atoms with Gasteiger partial charge in [-0.3, -0.25) is 9.32 Å². The van der Waals surface area contributed by atoms with Gasteiger partial charge in [0.15, 0.2) is 23.9 Å². The van der Waals surface area contributed by atoms with Crippen LogP contribution in [0, 0.1) is 11.8 Å². The van der Waals surface area contributed by atoms with Gasteiger partial charge >= 0.3 is 13.5 Å². The van der Waals surface area contributed by atoms with E-state index in [1.165, 1.54) is 17.1 Å². The first-order chi connectivity index (χ1) is 21.4. The molecular formula is C23H26FN9O8P2S2. The molecule has 3 aromatic heterocycles. The second kappa shape index (κ2) is 11.6. The number of halogens is 1. The first-order valence-corrected chi connectivity index (χ1v) is 18.8. The number of alkyl halides is 1. The highest BCUT2D eigenvalue weighted by Gasteiger charge is 2.52. The van der Waals surface area contributed by atoms with Crippen molar-refractivity contribution in [1.29, 1.82) is 0 Å². The van der Waals surface area contributed by atoms with Gasteiger partial charge < -0.3 is 39.2 Å². The fraction of sp³-hybridized carbons (Fsp3) is 0.478. The number of imidazole rings is 1. The molecule has 0 spiro atoms. The zero-order valence-electron chi connectivity index (χ0n) is 23.0. The van der Waals surface area contributed by atoms with Crippen LogP contribution in [-0.2, 0) is 39.2 Å². The summed E-state index contributed by atoms with van der Waals surface area (Å²) in [5.74, 6) is -1.13. The van der Waals surface area contributed by atoms with Gasteiger partial charge in [0.05, 0.1) is 37.2 Å². The summed E-state index contributed by atoms with van der Waals surface area (Å²) < 4.78 is 60.9. The van der Waals surface area contributed by atoms with Crippen molar-refractivity contribution in [3.05, 3.63) is 36.4 Å². The lowest BCUT2D eigenvalue weighted by molar-refractivity contribution is -0.0512. The van der Waals surface area contributed by atoms with E-state index in [1.54, 1.807) is 18.5 Å². The number of hydrogen-bond acceptors (Lipinski definition) is 14. The predicted octanol–water partition coefficient (Wildman–Crippen LogP) is 2.07. The zero-order chi connectivity index (χ0) is 31.7. The van der Waals surface area contributed by atoms with E-state index in [1.807, 2.05) is 4.57 Å². The molecule has 2 saturated heterocycles. The molecule has 17 nitrogen and oxygen atoms in total. The summed E-state index contributed by atoms with van der Waals surface area (Å²) in [5, 5.41) is 8.05. The van der Waals surface area contributed by atoms with Crippen molar-refractivity contribution in [2.45, 2.75) is 37.1 Å². The summed E-state index contributed by atoms with van der Waals surface area (Å²) in [7, 11) is 0. The lowest BCUT2D eigenvalue weighted by Gasteiger charge is -2.45. The standard InChI is InChI=1S/C23H26FN9O8P2S2/c24-16-15-7-39-42(35,44)38-6-12-10(4-14(12)32-9-29-18-20(25)27-8-28-22(18)32)5-37-43(36,45)41-19(16)23(40-15)33-13-3-1-2-11(21(26)34)17(13)30-31-33/h1-3,8-10,12,14-16,19,23H,4-7H2,(H2,26,34)(H,35,44)(H,36,45)(H2,25,27,28)/t10-,12-,14-,15-,16-,19-,23-,42?,43?/m1/s1. The number of rotatable bonds is 3. The number of aromatic nitrogens is 7. The minimum absolute atomic E-state index is 0.0760. The third kappa shape index (κ3) is 5.66. The summed E-state index contributed by atoms with van der Waals surface area (Å²) in [4.78, 5) is 35.4. The maximum Gasteiger partial charge on any atom is 0.386 e. The van der Waals surface area contributed by atoms with Crippen LogP contribution in [0.5, 0.6) is 0 Å². The number of benzene rings is 1. The molecule has 2 aliphatic heterocycles. The highest BCUT2D eigenvalue weighted by molar-refractivity contribution is 8.44. The van der Waals surface area contributed by atoms with Gasteiger partial charge in [-0.05, 0) is 36.3 Å². The van der Waals surface area contributed by atoms with Crippen molar-refractivity contribution in [3.63, 3.8) is 0 Å². The van der Waals surface area contributed by atoms with Gasteiger partial charge in [-0.15, -0.1) is 5.10 Å². The summed E-state index contributed by atoms with van der Waals surface area (Å²) in [6.07, 6.45) is -2.88. The SMILES string of the molecule is NC(=O)c1cccc2c1nnn2[C@@H]1O[C@@H]2COP(O)(=S)OC[C@@H]3[C@@H](COP(=O)(S)O[C@@H]1[C@@H]2F)C[C@H]3n1cnc2c(N)ncnc21. The van der Waals surface area contributed by atoms with Crippen LogP contribution in [0.3, 0.4) is 0 Å². The molecule has 3 aliphatic rings. The van der Waals surface area contributed by atoms with Gasteiger partial charge in [0.25, 0.3) is 5.91 Å². The number of primary amides is 1. The Morgan fingerprint density at radius 1 is 1.16 bits per heavy atom. The lowest BCUT2D eigenvalue weighted by atomic mass is 9.70. The van der Waals surface area contributed by atoms with E-state index in [4.69, 9.17) is 46.1 Å². The van der Waals surface area contributed by atoms with Gasteiger partial charge in [-0.25, -0.2) is 28.6 Å². The molecule has 22 heteroatoms. The monoisotopic (exact) mass is 701 g/mol. The Hall–Kier alpha value is -2.64. The van der Waals surface area contributed by atoms with Crippen LogP contribution in [0.1, 0.15) is 29.0 Å². The second-order valence-corrected chi connectivity index (χ2v) is 16.5. The van der Waals surface area contributed by atoms with Crippen molar-refractivity contribution in [3.8, 4) is 0 Å². The van der Waals surface area contributed by atoms with E-state index in [-0.39, 0.29) is 53.5 Å². The number of fused-ring (bicyclic) bond motifs is 5. The lowest BCUT2D eigenvalue weighted by Crippen LogP contribution is -2.43. The highest BCUT2D eigenvalue weighted by Crippen LogP contribution is 2.59. The van der Waals surface area contributed by atoms with Crippen molar-refractivity contribution >= 4 is 71.5 Å². The van der Waals surface area contributed by atoms with Crippen molar-refractivity contribution in [2.24, 2.45) is 17.6 Å². The minimum Gasteiger partial charge on any atom is -0.382 e. The van der Waals surface area contributed by atoms with E-state index in [2.05, 4.69) is 37.5 Å². The molecule has 3 fully saturated rings. The fourth-order valence-corrected chi connectivity index (χ4v) is 8.53. The molecule has 1 aliphatic carbocycles. The van der Waals surface area contributed by atoms with E-state index < -0.39 is 50.6 Å². The van der Waals surface area contributed by atoms with E-state index in [9.17, 15) is 14.3 Å². The molecule has 5 heterocycles. The van der Waals surface area contributed by atoms with Crippen LogP contribution < -0.4 is 11.5 Å². The van der Waals surface area contributed by atoms with Crippen LogP contribution in [0.25, 0.3) is 22.2 Å². The molecule has 45 heavy (non-hydrogen) atoms. The largest absolute Gasteiger partial charge is 0.386 e. The van der Waals surface area contributed by atoms with E-state index in [0.717, 1.165) is 0 Å². The number of ether oxygens (including phenoxy) is 1. The third-order valence-electron chi connectivity index (χ3n) is 8.20. The molecular weight excluding hydrogens is 675 g/mol. The van der Waals surface area contributed by atoms with Crippen molar-refractivity contribution in [1.82, 2.24) is 34.5 Å². The Labute approximate surface area is 263 Å². The molecule has 9 atom stereocenters. The van der Waals surface area contributed by atoms with E-state index in [0.29, 0.717) is 17.6 Å². The predicted molar refractivity (Wildman–Crippen MR) is 161 cm³/mol. The molecule has 4 aromatic rings. The van der Waals surface area contributed by atoms with Gasteiger partial charge in [-0.2, -0.15) is 0 Å². The Morgan fingerprint density at radius 3 is 2.76 bits per heavy atom. The number of carbonyl (C=O) groups is 1. The number of amides is 1. The summed E-state index contributed by atoms with van der Waals surface area (Å²) in [6.45, 7) is -8.84. The number of hydrogen-bond donors (Lipinski definition) is 4. The number of nitrogens with two attached hydrogens (primary N) is 2. The second-order valence-electron chi connectivity index (χ2n) is 10.8. The van der Waals surface area contributed by atoms with Gasteiger partial charge in [-0.1, -0.05) is 23.5 Å². The first kappa shape index (κ1) is 31.0. The highest BCUT2D eigenvalue weighted by atomic mass is 32.7. The normalized spacial score (nSPS) is 35.9. The molecule has 0 radical (unpaired) electrons. The average Bonchev–Trinajstić information content (AvgIpc) is 3.67. The number of nitrogens with zero attached hydrogens (tertiary/aromatic N) is 7. The molecule has 1 aromatic carbocycles. The Morgan fingerprint density at radius 2 is 1.96 bits per heavy atom. The van der Waals surface area contributed by atoms with Gasteiger partial charge in [0, 0.05) is 12.0 Å². The maximum absolute atomic E-state index is 15.9. The van der Waals surface area contributed by atoms with Crippen LogP contribution in [-0.4, -0.2) is 83.5 Å². The number of nitrogen functional groups attached to an aromatic ring is 1. The molecule has 5 N–H and O–H groups in total. The van der Waals surface area contributed by atoms with Crippen LogP contribution in [0.2, 0.25) is 0 Å². The van der Waals surface area contributed by atoms with Crippen LogP contribution in [0.4, 0.5) is 10.2 Å². The molecule has 2 bridgehead atoms. The van der Waals surface area contributed by atoms with Crippen molar-refractivity contribution < 1.29 is 41.5 Å². The number of thiol groups is 1. The Kier molecular flexibility index (Phi) is 7.96. The summed E-state index contributed by atoms with van der Waals surface area (Å²) >= 11 is 9.37. The fourth-order valence-electron chi connectivity index (χ4n) is 5.90. The molecule has 1 amide bonds. The third-order valence-corrected chi connectivity index (χ3v) is 11.4. The molecule has 7 rings (SSSR count). The quantitative estimate of drug-likeness (QED) is 0.177. The topological polar surface area (TPSA) is 227 Å². The Balaban J connectivity index is 1.18. The number of carbonyl (C=O) groups excluding carboxylic acids is 1. The van der Waals surface area contributed by atoms with Gasteiger partial charge in [0.1, 0.15) is 29.6 Å². The van der Waals surface area contributed by atoms with E-state index >= 15 is 4.39 Å². The van der Waals surface area contributed by atoms with Crippen LogP contribution >= 0.6 is 25.8 Å². The molecule has 2 unspecified atom stereocenters. The summed E-state index contributed by atoms with van der Waals surface area (Å²) in [5.41, 5.74) is 12.8. The average molecular weight is 702 g/mol. The Bertz CT molecular complexity index is 1900. The molecule has 1 saturated carbocycles. The van der Waals surface area contributed by atoms with Gasteiger partial charge in [0.2, 0.25) is 0 Å². The van der Waals surface area contributed by atoms with Crippen LogP contribution in [0.15, 0.2) is 30.9 Å². The first-order valence-electron chi connectivity index (χ1n) is 13.6. The minimum atomic E-state index is -4.21. The van der Waals surface area contributed by atoms with Crippen molar-refractivity contribution in [2.75, 3.05) is 25.6 Å². The summed E-state index contributed by atoms with van der Waals surface area (Å²) in [6, 6.07) is 4.34. The molecule has 240 valence electrons.